The zero-order valence-electron chi connectivity index (χ0n) is 14.6. The van der Waals surface area contributed by atoms with Crippen molar-refractivity contribution in [2.24, 2.45) is 0 Å². The number of aliphatic hydroxyl groups excluding tert-OH is 1. The van der Waals surface area contributed by atoms with E-state index in [1.54, 1.807) is 0 Å². The molecule has 2 aromatic carbocycles. The lowest BCUT2D eigenvalue weighted by molar-refractivity contribution is 0.0712. The maximum atomic E-state index is 13.2. The largest absolute Gasteiger partial charge is 0.393 e. The molecule has 0 heterocycles. The number of nitrogens with one attached hydrogen (secondary N) is 2. The smallest absolute Gasteiger partial charge is 0.255 e. The second-order valence-corrected chi connectivity index (χ2v) is 8.67. The van der Waals surface area contributed by atoms with Gasteiger partial charge in [-0.1, -0.05) is 23.2 Å². The molecule has 1 fully saturated rings. The van der Waals surface area contributed by atoms with E-state index in [2.05, 4.69) is 33.4 Å². The summed E-state index contributed by atoms with van der Waals surface area (Å²) in [7, 11) is -3.96. The number of aliphatic hydroxyl groups is 1. The molecule has 0 aromatic heterocycles. The van der Waals surface area contributed by atoms with Crippen molar-refractivity contribution in [1.82, 2.24) is 4.72 Å². The highest BCUT2D eigenvalue weighted by Crippen LogP contribution is 2.27. The molecule has 1 amide bonds. The van der Waals surface area contributed by atoms with E-state index in [0.29, 0.717) is 12.8 Å². The topological polar surface area (TPSA) is 95.5 Å². The molecule has 0 unspecified atom stereocenters. The van der Waals surface area contributed by atoms with E-state index in [1.165, 1.54) is 24.3 Å². The van der Waals surface area contributed by atoms with Crippen LogP contribution in [0, 0.1) is 5.82 Å². The van der Waals surface area contributed by atoms with E-state index in [9.17, 15) is 22.7 Å². The number of sulfonamides is 1. The second-order valence-electron chi connectivity index (χ2n) is 6.17. The molecule has 1 aliphatic rings. The van der Waals surface area contributed by atoms with Crippen molar-refractivity contribution in [2.45, 2.75) is 29.9 Å². The number of hydrogen-bond donors (Lipinski definition) is 5. The van der Waals surface area contributed by atoms with Gasteiger partial charge < -0.3 is 10.4 Å². The molecule has 0 atom stereocenters. The van der Waals surface area contributed by atoms with Crippen molar-refractivity contribution in [3.8, 4) is 0 Å². The van der Waals surface area contributed by atoms with Gasteiger partial charge in [0, 0.05) is 17.3 Å². The lowest BCUT2D eigenvalue weighted by Crippen LogP contribution is -2.46. The number of rotatable bonds is 5. The Morgan fingerprint density at radius 1 is 1.10 bits per heavy atom. The van der Waals surface area contributed by atoms with Gasteiger partial charge in [-0.3, -0.25) is 4.79 Å². The Labute approximate surface area is 188 Å². The fourth-order valence-corrected chi connectivity index (χ4v) is 4.56. The first-order valence-corrected chi connectivity index (χ1v) is 12.0. The summed E-state index contributed by atoms with van der Waals surface area (Å²) < 4.78 is 40.7. The summed E-state index contributed by atoms with van der Waals surface area (Å²) in [4.78, 5) is 12.2. The van der Waals surface area contributed by atoms with Crippen LogP contribution in [0.2, 0.25) is 10.0 Å². The van der Waals surface area contributed by atoms with E-state index in [-0.39, 0.29) is 32.2 Å². The van der Waals surface area contributed by atoms with Crippen LogP contribution in [0.5, 0.6) is 0 Å². The number of benzene rings is 2. The highest BCUT2D eigenvalue weighted by molar-refractivity contribution is 8.59. The van der Waals surface area contributed by atoms with Crippen LogP contribution in [-0.4, -0.2) is 31.6 Å². The summed E-state index contributed by atoms with van der Waals surface area (Å²) in [5, 5.41) is 11.6. The van der Waals surface area contributed by atoms with Crippen LogP contribution < -0.4 is 10.0 Å². The van der Waals surface area contributed by atoms with Gasteiger partial charge in [0.15, 0.2) is 0 Å². The number of thiol groups is 2. The molecule has 2 aromatic rings. The van der Waals surface area contributed by atoms with Crippen LogP contribution in [-0.2, 0) is 10.0 Å². The highest BCUT2D eigenvalue weighted by Gasteiger charge is 2.32. The first-order chi connectivity index (χ1) is 13.7. The van der Waals surface area contributed by atoms with Gasteiger partial charge in [0.1, 0.15) is 10.7 Å². The maximum Gasteiger partial charge on any atom is 0.255 e. The average Bonchev–Trinajstić information content (AvgIpc) is 2.65. The van der Waals surface area contributed by atoms with Crippen LogP contribution in [0.4, 0.5) is 10.1 Å². The third kappa shape index (κ3) is 6.24. The number of hydrogen-bond acceptors (Lipinski definition) is 6. The Kier molecular flexibility index (Phi) is 8.65. The third-order valence-electron chi connectivity index (χ3n) is 4.10. The Morgan fingerprint density at radius 2 is 1.76 bits per heavy atom. The van der Waals surface area contributed by atoms with Gasteiger partial charge in [0.2, 0.25) is 10.0 Å². The fraction of sp³-hybridized carbons (Fsp3) is 0.235. The maximum absolute atomic E-state index is 13.2. The first-order valence-electron chi connectivity index (χ1n) is 8.12. The molecular weight excluding hydrogens is 482 g/mol. The number of carbonyl (C=O) groups is 1. The van der Waals surface area contributed by atoms with Gasteiger partial charge in [-0.15, -0.1) is 23.3 Å². The summed E-state index contributed by atoms with van der Waals surface area (Å²) >= 11 is 18.1. The Hall–Kier alpha value is -1.01. The van der Waals surface area contributed by atoms with Crippen LogP contribution in [0.3, 0.4) is 0 Å². The molecule has 12 heteroatoms. The highest BCUT2D eigenvalue weighted by atomic mass is 35.5. The normalized spacial score (nSPS) is 18.3. The van der Waals surface area contributed by atoms with Crippen molar-refractivity contribution >= 4 is 68.1 Å². The molecule has 0 aliphatic heterocycles. The summed E-state index contributed by atoms with van der Waals surface area (Å²) in [6.45, 7) is 0. The Balaban J connectivity index is 0.00000145. The lowest BCUT2D eigenvalue weighted by Gasteiger charge is -2.31. The standard InChI is InChI=1S/C17H15Cl2FN2O4S.H2S2/c18-13-3-1-9(17(24)21-10-2-4-15(20)14(19)8-10)5-16(13)27(25,26)22-11-6-12(23)7-11;1-2/h1-5,8,11-12,22-23H,6-7H2,(H,21,24);1-2H. The van der Waals surface area contributed by atoms with E-state index >= 15 is 0 Å². The SMILES string of the molecule is O=C(Nc1ccc(F)c(Cl)c1)c1ccc(Cl)c(S(=O)(=O)NC2CC(O)C2)c1.SS. The molecule has 1 aliphatic carbocycles. The van der Waals surface area contributed by atoms with Crippen LogP contribution >= 0.6 is 46.5 Å². The fourth-order valence-electron chi connectivity index (χ4n) is 2.59. The van der Waals surface area contributed by atoms with Crippen LogP contribution in [0.1, 0.15) is 23.2 Å². The lowest BCUT2D eigenvalue weighted by atomic mass is 9.91. The minimum Gasteiger partial charge on any atom is -0.393 e. The third-order valence-corrected chi connectivity index (χ3v) is 6.39. The molecule has 1 saturated carbocycles. The molecule has 3 rings (SSSR count). The first kappa shape index (κ1) is 24.3. The summed E-state index contributed by atoms with van der Waals surface area (Å²) in [5.41, 5.74) is 0.307. The quantitative estimate of drug-likeness (QED) is 0.318. The van der Waals surface area contributed by atoms with Crippen molar-refractivity contribution in [2.75, 3.05) is 5.32 Å². The molecule has 0 bridgehead atoms. The molecule has 6 nitrogen and oxygen atoms in total. The Morgan fingerprint density at radius 3 is 2.34 bits per heavy atom. The van der Waals surface area contributed by atoms with E-state index in [1.807, 2.05) is 0 Å². The predicted molar refractivity (Wildman–Crippen MR) is 118 cm³/mol. The van der Waals surface area contributed by atoms with Crippen molar-refractivity contribution in [1.29, 1.82) is 0 Å². The minimum atomic E-state index is -3.96. The summed E-state index contributed by atoms with van der Waals surface area (Å²) in [6, 6.07) is 7.13. The zero-order valence-corrected chi connectivity index (χ0v) is 18.8. The minimum absolute atomic E-state index is 0.0382. The van der Waals surface area contributed by atoms with Gasteiger partial charge in [0.05, 0.1) is 16.1 Å². The Bertz CT molecular complexity index is 1000. The number of amides is 1. The second kappa shape index (κ2) is 10.3. The van der Waals surface area contributed by atoms with E-state index in [4.69, 9.17) is 23.2 Å². The summed E-state index contributed by atoms with van der Waals surface area (Å²) in [6.07, 6.45) is 0.123. The van der Waals surface area contributed by atoms with Gasteiger partial charge in [-0.25, -0.2) is 17.5 Å². The van der Waals surface area contributed by atoms with Crippen molar-refractivity contribution in [3.05, 3.63) is 57.8 Å². The summed E-state index contributed by atoms with van der Waals surface area (Å²) in [5.74, 6) is -1.23. The van der Waals surface area contributed by atoms with Gasteiger partial charge >= 0.3 is 0 Å². The number of halogens is 3. The van der Waals surface area contributed by atoms with Crippen LogP contribution in [0.15, 0.2) is 41.3 Å². The molecule has 29 heavy (non-hydrogen) atoms. The van der Waals surface area contributed by atoms with Gasteiger partial charge in [-0.05, 0) is 49.2 Å². The van der Waals surface area contributed by atoms with E-state index < -0.39 is 27.9 Å². The average molecular weight is 499 g/mol. The molecular formula is C17H17Cl2FN2O4S3. The van der Waals surface area contributed by atoms with Crippen LogP contribution in [0.25, 0.3) is 0 Å². The van der Waals surface area contributed by atoms with Gasteiger partial charge in [-0.2, -0.15) is 0 Å². The van der Waals surface area contributed by atoms with E-state index in [0.717, 1.165) is 12.1 Å². The molecule has 158 valence electrons. The predicted octanol–water partition coefficient (Wildman–Crippen LogP) is 3.95. The molecule has 0 radical (unpaired) electrons. The number of carbonyl (C=O) groups excluding carboxylic acids is 1. The van der Waals surface area contributed by atoms with Gasteiger partial charge in [0.25, 0.3) is 5.91 Å². The molecule has 3 N–H and O–H groups in total. The molecule has 0 saturated heterocycles. The monoisotopic (exact) mass is 498 g/mol. The van der Waals surface area contributed by atoms with Crippen molar-refractivity contribution in [3.63, 3.8) is 0 Å². The zero-order chi connectivity index (χ0) is 21.8. The van der Waals surface area contributed by atoms with Crippen molar-refractivity contribution < 1.29 is 22.7 Å². The number of anilines is 1. The molecule has 0 spiro atoms.